The highest BCUT2D eigenvalue weighted by Gasteiger charge is 2.04. The molecule has 0 spiro atoms. The van der Waals surface area contributed by atoms with Crippen molar-refractivity contribution in [3.05, 3.63) is 42.0 Å². The lowest BCUT2D eigenvalue weighted by Gasteiger charge is -2.08. The number of anilines is 1. The van der Waals surface area contributed by atoms with Crippen LogP contribution < -0.4 is 5.32 Å². The summed E-state index contributed by atoms with van der Waals surface area (Å²) in [6.45, 7) is 3.41. The number of methoxy groups -OCH3 is 1. The lowest BCUT2D eigenvalue weighted by atomic mass is 10.1. The number of ether oxygens (including phenoxy) is 1. The van der Waals surface area contributed by atoms with Crippen LogP contribution in [0.2, 0.25) is 0 Å². The first-order valence-electron chi connectivity index (χ1n) is 5.94. The van der Waals surface area contributed by atoms with Crippen molar-refractivity contribution in [2.24, 2.45) is 0 Å². The molecule has 5 heteroatoms. The van der Waals surface area contributed by atoms with Crippen LogP contribution in [0.25, 0.3) is 11.3 Å². The first-order valence-corrected chi connectivity index (χ1v) is 5.94. The number of aromatic nitrogens is 2. The third-order valence-corrected chi connectivity index (χ3v) is 2.65. The molecule has 2 aromatic rings. The molecule has 0 fully saturated rings. The van der Waals surface area contributed by atoms with E-state index in [0.29, 0.717) is 6.61 Å². The normalized spacial score (nSPS) is 9.79. The molecule has 2 rings (SSSR count). The van der Waals surface area contributed by atoms with Crippen molar-refractivity contribution in [3.63, 3.8) is 0 Å². The zero-order chi connectivity index (χ0) is 12.8. The van der Waals surface area contributed by atoms with Gasteiger partial charge in [0, 0.05) is 19.2 Å². The highest BCUT2D eigenvalue weighted by atomic mass is 35.5. The predicted molar refractivity (Wildman–Crippen MR) is 79.8 cm³/mol. The number of aryl methyl sites for hydroxylation is 1. The van der Waals surface area contributed by atoms with Crippen molar-refractivity contribution in [2.45, 2.75) is 6.92 Å². The van der Waals surface area contributed by atoms with Crippen molar-refractivity contribution >= 4 is 18.2 Å². The molecule has 0 aliphatic heterocycles. The average molecular weight is 280 g/mol. The Hall–Kier alpha value is -1.65. The van der Waals surface area contributed by atoms with Gasteiger partial charge in [0.25, 0.3) is 0 Å². The maximum Gasteiger partial charge on any atom is 0.151 e. The molecule has 0 aliphatic rings. The summed E-state index contributed by atoms with van der Waals surface area (Å²) in [5.74, 6) is 0.812. The van der Waals surface area contributed by atoms with Gasteiger partial charge in [-0.15, -0.1) is 22.6 Å². The van der Waals surface area contributed by atoms with Crippen LogP contribution in [0.5, 0.6) is 0 Å². The van der Waals surface area contributed by atoms with Crippen molar-refractivity contribution in [2.75, 3.05) is 25.6 Å². The van der Waals surface area contributed by atoms with E-state index in [1.54, 1.807) is 7.11 Å². The van der Waals surface area contributed by atoms with E-state index in [2.05, 4.69) is 15.5 Å². The van der Waals surface area contributed by atoms with Gasteiger partial charge in [-0.1, -0.05) is 30.3 Å². The standard InChI is InChI=1S/C14H17N3O.ClH/c1-11-10-13(12-6-4-3-5-7-12)16-17-14(11)15-8-9-18-2;/h3-7,10H,8-9H2,1-2H3,(H,15,17);1H. The molecule has 102 valence electrons. The van der Waals surface area contributed by atoms with Crippen LogP contribution in [0.15, 0.2) is 36.4 Å². The fraction of sp³-hybridized carbons (Fsp3) is 0.286. The zero-order valence-electron chi connectivity index (χ0n) is 11.1. The summed E-state index contributed by atoms with van der Waals surface area (Å²) >= 11 is 0. The molecule has 1 aromatic carbocycles. The van der Waals surface area contributed by atoms with E-state index in [4.69, 9.17) is 4.74 Å². The predicted octanol–water partition coefficient (Wildman–Crippen LogP) is 2.93. The van der Waals surface area contributed by atoms with Gasteiger partial charge in [-0.25, -0.2) is 0 Å². The topological polar surface area (TPSA) is 47.0 Å². The van der Waals surface area contributed by atoms with E-state index in [-0.39, 0.29) is 12.4 Å². The molecular weight excluding hydrogens is 262 g/mol. The van der Waals surface area contributed by atoms with Crippen LogP contribution in [0, 0.1) is 6.92 Å². The minimum Gasteiger partial charge on any atom is -0.383 e. The first kappa shape index (κ1) is 15.4. The Bertz CT molecular complexity index is 505. The average Bonchev–Trinajstić information content (AvgIpc) is 2.42. The monoisotopic (exact) mass is 279 g/mol. The SMILES string of the molecule is COCCNc1nnc(-c2ccccc2)cc1C.Cl. The largest absolute Gasteiger partial charge is 0.383 e. The van der Waals surface area contributed by atoms with Gasteiger partial charge in [-0.3, -0.25) is 0 Å². The number of nitrogens with one attached hydrogen (secondary N) is 1. The van der Waals surface area contributed by atoms with Crippen LogP contribution in [-0.2, 0) is 4.74 Å². The molecule has 0 saturated carbocycles. The molecule has 0 radical (unpaired) electrons. The molecule has 0 bridgehead atoms. The van der Waals surface area contributed by atoms with Gasteiger partial charge in [-0.05, 0) is 18.6 Å². The Balaban J connectivity index is 0.00000180. The minimum atomic E-state index is 0. The van der Waals surface area contributed by atoms with E-state index in [1.165, 1.54) is 0 Å². The molecule has 19 heavy (non-hydrogen) atoms. The quantitative estimate of drug-likeness (QED) is 0.855. The van der Waals surface area contributed by atoms with Gasteiger partial charge in [0.15, 0.2) is 5.82 Å². The number of hydrogen-bond acceptors (Lipinski definition) is 4. The lowest BCUT2D eigenvalue weighted by Crippen LogP contribution is -2.10. The van der Waals surface area contributed by atoms with Crippen LogP contribution in [0.3, 0.4) is 0 Å². The van der Waals surface area contributed by atoms with Gasteiger partial charge in [0.1, 0.15) is 0 Å². The molecule has 0 amide bonds. The minimum absolute atomic E-state index is 0. The van der Waals surface area contributed by atoms with Crippen molar-refractivity contribution < 1.29 is 4.74 Å². The van der Waals surface area contributed by atoms with Gasteiger partial charge in [-0.2, -0.15) is 0 Å². The summed E-state index contributed by atoms with van der Waals surface area (Å²) in [7, 11) is 1.68. The molecule has 0 saturated heterocycles. The summed E-state index contributed by atoms with van der Waals surface area (Å²) in [6.07, 6.45) is 0. The maximum atomic E-state index is 4.99. The van der Waals surface area contributed by atoms with E-state index >= 15 is 0 Å². The molecule has 0 aliphatic carbocycles. The van der Waals surface area contributed by atoms with E-state index in [9.17, 15) is 0 Å². The van der Waals surface area contributed by atoms with Crippen molar-refractivity contribution in [1.29, 1.82) is 0 Å². The molecular formula is C14H18ClN3O. The highest BCUT2D eigenvalue weighted by molar-refractivity contribution is 5.85. The summed E-state index contributed by atoms with van der Waals surface area (Å²) in [5.41, 5.74) is 3.06. The Kier molecular flexibility index (Phi) is 6.25. The summed E-state index contributed by atoms with van der Waals surface area (Å²) in [6, 6.07) is 12.1. The van der Waals surface area contributed by atoms with E-state index in [0.717, 1.165) is 29.2 Å². The Morgan fingerprint density at radius 3 is 2.53 bits per heavy atom. The number of nitrogens with zero attached hydrogens (tertiary/aromatic N) is 2. The van der Waals surface area contributed by atoms with Crippen LogP contribution in [0.4, 0.5) is 5.82 Å². The van der Waals surface area contributed by atoms with Gasteiger partial charge < -0.3 is 10.1 Å². The summed E-state index contributed by atoms with van der Waals surface area (Å²) in [4.78, 5) is 0. The number of hydrogen-bond donors (Lipinski definition) is 1. The van der Waals surface area contributed by atoms with Crippen LogP contribution in [-0.4, -0.2) is 30.5 Å². The Morgan fingerprint density at radius 2 is 1.89 bits per heavy atom. The van der Waals surface area contributed by atoms with E-state index in [1.807, 2.05) is 43.3 Å². The van der Waals surface area contributed by atoms with Crippen LogP contribution >= 0.6 is 12.4 Å². The lowest BCUT2D eigenvalue weighted by molar-refractivity contribution is 0.210. The van der Waals surface area contributed by atoms with Gasteiger partial charge in [0.2, 0.25) is 0 Å². The van der Waals surface area contributed by atoms with Crippen LogP contribution in [0.1, 0.15) is 5.56 Å². The molecule has 0 atom stereocenters. The second-order valence-electron chi connectivity index (χ2n) is 4.05. The second kappa shape index (κ2) is 7.71. The van der Waals surface area contributed by atoms with Crippen molar-refractivity contribution in [3.8, 4) is 11.3 Å². The second-order valence-corrected chi connectivity index (χ2v) is 4.05. The third-order valence-electron chi connectivity index (χ3n) is 2.65. The number of benzene rings is 1. The highest BCUT2D eigenvalue weighted by Crippen LogP contribution is 2.19. The summed E-state index contributed by atoms with van der Waals surface area (Å²) < 4.78 is 4.99. The first-order chi connectivity index (χ1) is 8.81. The Labute approximate surface area is 119 Å². The number of rotatable bonds is 5. The van der Waals surface area contributed by atoms with Gasteiger partial charge >= 0.3 is 0 Å². The molecule has 4 nitrogen and oxygen atoms in total. The molecule has 0 unspecified atom stereocenters. The fourth-order valence-electron chi connectivity index (χ4n) is 1.68. The zero-order valence-corrected chi connectivity index (χ0v) is 11.9. The van der Waals surface area contributed by atoms with E-state index < -0.39 is 0 Å². The van der Waals surface area contributed by atoms with Gasteiger partial charge in [0.05, 0.1) is 12.3 Å². The number of halogens is 1. The molecule has 1 aromatic heterocycles. The molecule has 1 heterocycles. The van der Waals surface area contributed by atoms with Crippen molar-refractivity contribution in [1.82, 2.24) is 10.2 Å². The summed E-state index contributed by atoms with van der Waals surface area (Å²) in [5, 5.41) is 11.6. The third kappa shape index (κ3) is 4.19. The maximum absolute atomic E-state index is 4.99. The Morgan fingerprint density at radius 1 is 1.16 bits per heavy atom. The molecule has 1 N–H and O–H groups in total. The fourth-order valence-corrected chi connectivity index (χ4v) is 1.68. The smallest absolute Gasteiger partial charge is 0.151 e.